The summed E-state index contributed by atoms with van der Waals surface area (Å²) in [5.41, 5.74) is 3.92. The van der Waals surface area contributed by atoms with Crippen molar-refractivity contribution >= 4 is 35.0 Å². The summed E-state index contributed by atoms with van der Waals surface area (Å²) < 4.78 is 0. The van der Waals surface area contributed by atoms with E-state index in [1.165, 1.54) is 0 Å². The molecule has 3 aromatic rings. The maximum atomic E-state index is 13.1. The molecule has 1 unspecified atom stereocenters. The summed E-state index contributed by atoms with van der Waals surface area (Å²) in [4.78, 5) is 38.2. The minimum Gasteiger partial charge on any atom is -0.340 e. The molecule has 1 fully saturated rings. The Kier molecular flexibility index (Phi) is 5.26. The van der Waals surface area contributed by atoms with E-state index in [-0.39, 0.29) is 11.8 Å². The number of nitrogens with zero attached hydrogens (tertiary/aromatic N) is 4. The number of carbonyl (C=O) groups is 2. The molecule has 0 bridgehead atoms. The molecule has 1 aromatic heterocycles. The van der Waals surface area contributed by atoms with Gasteiger partial charge in [-0.3, -0.25) is 9.59 Å². The molecule has 0 spiro atoms. The van der Waals surface area contributed by atoms with E-state index >= 15 is 0 Å². The molecule has 2 aromatic carbocycles. The van der Waals surface area contributed by atoms with Gasteiger partial charge in [0, 0.05) is 48.0 Å². The first-order valence-corrected chi connectivity index (χ1v) is 10.8. The van der Waals surface area contributed by atoms with Crippen molar-refractivity contribution in [3.05, 3.63) is 84.2 Å². The van der Waals surface area contributed by atoms with E-state index in [1.54, 1.807) is 23.2 Å². The van der Waals surface area contributed by atoms with E-state index in [0.29, 0.717) is 42.4 Å². The first kappa shape index (κ1) is 20.7. The zero-order valence-corrected chi connectivity index (χ0v) is 18.3. The summed E-state index contributed by atoms with van der Waals surface area (Å²) in [6, 6.07) is 16.7. The summed E-state index contributed by atoms with van der Waals surface area (Å²) in [5.74, 6) is 0.865. The van der Waals surface area contributed by atoms with Crippen molar-refractivity contribution in [1.82, 2.24) is 20.2 Å². The van der Waals surface area contributed by atoms with Gasteiger partial charge in [-0.25, -0.2) is 4.98 Å². The lowest BCUT2D eigenvalue weighted by Crippen LogP contribution is -2.49. The quantitative estimate of drug-likeness (QED) is 0.628. The molecule has 0 aliphatic carbocycles. The van der Waals surface area contributed by atoms with Gasteiger partial charge in [0.1, 0.15) is 11.9 Å². The second-order valence-electron chi connectivity index (χ2n) is 8.17. The molecule has 8 nitrogen and oxygen atoms in total. The van der Waals surface area contributed by atoms with Gasteiger partial charge in [0.2, 0.25) is 11.9 Å². The van der Waals surface area contributed by atoms with Crippen LogP contribution in [0.1, 0.15) is 28.8 Å². The Bertz CT molecular complexity index is 1240. The van der Waals surface area contributed by atoms with Crippen molar-refractivity contribution in [1.29, 1.82) is 0 Å². The Hall–Kier alpha value is -4.20. The third kappa shape index (κ3) is 3.91. The minimum atomic E-state index is -0.492. The van der Waals surface area contributed by atoms with Crippen LogP contribution in [0, 0.1) is 0 Å². The van der Waals surface area contributed by atoms with Crippen LogP contribution in [0.2, 0.25) is 0 Å². The minimum absolute atomic E-state index is 0.131. The summed E-state index contributed by atoms with van der Waals surface area (Å²) in [5, 5.41) is 6.12. The Labute approximate surface area is 192 Å². The fraction of sp³-hybridized carbons (Fsp3) is 0.200. The number of carbonyl (C=O) groups excluding carboxylic acids is 2. The van der Waals surface area contributed by atoms with E-state index in [1.807, 2.05) is 54.4 Å². The van der Waals surface area contributed by atoms with E-state index in [9.17, 15) is 9.59 Å². The van der Waals surface area contributed by atoms with Gasteiger partial charge < -0.3 is 20.4 Å². The predicted molar refractivity (Wildman–Crippen MR) is 126 cm³/mol. The van der Waals surface area contributed by atoms with Gasteiger partial charge >= 0.3 is 0 Å². The Morgan fingerprint density at radius 1 is 1.12 bits per heavy atom. The number of benzene rings is 2. The summed E-state index contributed by atoms with van der Waals surface area (Å²) >= 11 is 0. The first-order chi connectivity index (χ1) is 16.0. The molecule has 2 amide bonds. The molecule has 3 heterocycles. The van der Waals surface area contributed by atoms with Crippen LogP contribution in [0.4, 0.5) is 23.1 Å². The average Bonchev–Trinajstić information content (AvgIpc) is 3.17. The van der Waals surface area contributed by atoms with Crippen LogP contribution in [-0.4, -0.2) is 39.8 Å². The molecule has 5 rings (SSSR count). The molecule has 2 N–H and O–H groups in total. The molecule has 2 aliphatic heterocycles. The number of hydrogen-bond acceptors (Lipinski definition) is 6. The second-order valence-corrected chi connectivity index (χ2v) is 8.17. The second kappa shape index (κ2) is 8.38. The van der Waals surface area contributed by atoms with E-state index < -0.39 is 6.04 Å². The van der Waals surface area contributed by atoms with Crippen LogP contribution in [0.15, 0.2) is 73.1 Å². The van der Waals surface area contributed by atoms with Gasteiger partial charge in [0.25, 0.3) is 5.91 Å². The summed E-state index contributed by atoms with van der Waals surface area (Å²) in [6.07, 6.45) is 2.94. The molecular formula is C25H24N6O2. The van der Waals surface area contributed by atoms with Gasteiger partial charge in [-0.15, -0.1) is 0 Å². The van der Waals surface area contributed by atoms with Crippen molar-refractivity contribution in [2.45, 2.75) is 25.4 Å². The topological polar surface area (TPSA) is 90.5 Å². The largest absolute Gasteiger partial charge is 0.340 e. The molecular weight excluding hydrogens is 416 g/mol. The number of fused-ring (bicyclic) bond motifs is 1. The number of aromatic nitrogens is 2. The van der Waals surface area contributed by atoms with Crippen molar-refractivity contribution in [2.75, 3.05) is 17.3 Å². The number of piperidine rings is 1. The SMILES string of the molecule is C=C1CCC(N2Cc3c(Nc4ccnc(N(C)c5ccccc5)n4)cccc3C2=O)C(=O)N1. The smallest absolute Gasteiger partial charge is 0.255 e. The molecule has 1 saturated heterocycles. The highest BCUT2D eigenvalue weighted by Crippen LogP contribution is 2.34. The Morgan fingerprint density at radius 3 is 2.73 bits per heavy atom. The number of allylic oxidation sites excluding steroid dienone is 1. The van der Waals surface area contributed by atoms with Crippen LogP contribution in [0.3, 0.4) is 0 Å². The van der Waals surface area contributed by atoms with E-state index in [4.69, 9.17) is 0 Å². The van der Waals surface area contributed by atoms with Crippen molar-refractivity contribution in [2.24, 2.45) is 0 Å². The van der Waals surface area contributed by atoms with Crippen LogP contribution in [0.25, 0.3) is 0 Å². The summed E-state index contributed by atoms with van der Waals surface area (Å²) in [6.45, 7) is 4.19. The maximum absolute atomic E-state index is 13.1. The lowest BCUT2D eigenvalue weighted by Gasteiger charge is -2.31. The molecule has 8 heteroatoms. The molecule has 0 saturated carbocycles. The van der Waals surface area contributed by atoms with Gasteiger partial charge in [0.05, 0.1) is 0 Å². The first-order valence-electron chi connectivity index (χ1n) is 10.8. The summed E-state index contributed by atoms with van der Waals surface area (Å²) in [7, 11) is 1.91. The van der Waals surface area contributed by atoms with E-state index in [2.05, 4.69) is 27.2 Å². The third-order valence-corrected chi connectivity index (χ3v) is 6.04. The molecule has 166 valence electrons. The molecule has 2 aliphatic rings. The normalized spacial score (nSPS) is 17.5. The molecule has 33 heavy (non-hydrogen) atoms. The van der Waals surface area contributed by atoms with Crippen LogP contribution in [-0.2, 0) is 11.3 Å². The van der Waals surface area contributed by atoms with E-state index in [0.717, 1.165) is 16.9 Å². The van der Waals surface area contributed by atoms with Crippen LogP contribution in [0.5, 0.6) is 0 Å². The number of anilines is 4. The number of para-hydroxylation sites is 1. The Balaban J connectivity index is 1.39. The monoisotopic (exact) mass is 440 g/mol. The van der Waals surface area contributed by atoms with Crippen LogP contribution < -0.4 is 15.5 Å². The third-order valence-electron chi connectivity index (χ3n) is 6.04. The predicted octanol–water partition coefficient (Wildman–Crippen LogP) is 3.74. The zero-order valence-electron chi connectivity index (χ0n) is 18.3. The van der Waals surface area contributed by atoms with Crippen LogP contribution >= 0.6 is 0 Å². The number of rotatable bonds is 5. The average molecular weight is 441 g/mol. The van der Waals surface area contributed by atoms with Crippen molar-refractivity contribution in [3.8, 4) is 0 Å². The lowest BCUT2D eigenvalue weighted by molar-refractivity contribution is -0.126. The number of hydrogen-bond donors (Lipinski definition) is 2. The Morgan fingerprint density at radius 2 is 1.94 bits per heavy atom. The van der Waals surface area contributed by atoms with Gasteiger partial charge in [0.15, 0.2) is 0 Å². The van der Waals surface area contributed by atoms with Gasteiger partial charge in [-0.05, 0) is 43.2 Å². The lowest BCUT2D eigenvalue weighted by atomic mass is 10.0. The van der Waals surface area contributed by atoms with Crippen molar-refractivity contribution < 1.29 is 9.59 Å². The fourth-order valence-electron chi connectivity index (χ4n) is 4.27. The molecule has 0 radical (unpaired) electrons. The fourth-order valence-corrected chi connectivity index (χ4v) is 4.27. The van der Waals surface area contributed by atoms with Gasteiger partial charge in [-0.2, -0.15) is 4.98 Å². The van der Waals surface area contributed by atoms with Crippen molar-refractivity contribution in [3.63, 3.8) is 0 Å². The highest BCUT2D eigenvalue weighted by molar-refractivity contribution is 6.03. The number of amides is 2. The standard InChI is InChI=1S/C25H24N6O2/c1-16-11-12-21(23(32)27-16)31-15-19-18(24(31)33)9-6-10-20(19)28-22-13-14-26-25(29-22)30(2)17-7-4-3-5-8-17/h3-10,13-14,21H,1,11-12,15H2,2H3,(H,27,32)(H,26,28,29). The maximum Gasteiger partial charge on any atom is 0.255 e. The molecule has 1 atom stereocenters. The zero-order chi connectivity index (χ0) is 22.9. The highest BCUT2D eigenvalue weighted by Gasteiger charge is 2.38. The number of nitrogens with one attached hydrogen (secondary N) is 2. The van der Waals surface area contributed by atoms with Gasteiger partial charge in [-0.1, -0.05) is 30.8 Å². The highest BCUT2D eigenvalue weighted by atomic mass is 16.2.